The van der Waals surface area contributed by atoms with Crippen LogP contribution < -0.4 is 4.90 Å². The van der Waals surface area contributed by atoms with Crippen molar-refractivity contribution >= 4 is 28.9 Å². The van der Waals surface area contributed by atoms with Gasteiger partial charge in [0.05, 0.1) is 17.0 Å². The summed E-state index contributed by atoms with van der Waals surface area (Å²) in [6, 6.07) is 2.37. The van der Waals surface area contributed by atoms with Gasteiger partial charge in [0.2, 0.25) is 0 Å². The van der Waals surface area contributed by atoms with Gasteiger partial charge < -0.3 is 14.8 Å². The molecule has 0 spiro atoms. The molecule has 0 saturated carbocycles. The second-order valence-electron chi connectivity index (χ2n) is 4.62. The summed E-state index contributed by atoms with van der Waals surface area (Å²) in [6.07, 6.45) is 1.16. The van der Waals surface area contributed by atoms with Crippen molar-refractivity contribution in [2.45, 2.75) is 6.92 Å². The van der Waals surface area contributed by atoms with Gasteiger partial charge in [0.1, 0.15) is 24.6 Å². The number of hydrogen-bond acceptors (Lipinski definition) is 5. The normalized spacial score (nSPS) is 14.2. The number of benzene rings is 1. The van der Waals surface area contributed by atoms with E-state index in [1.807, 2.05) is 0 Å². The molecule has 0 unspecified atom stereocenters. The van der Waals surface area contributed by atoms with E-state index in [1.165, 1.54) is 25.1 Å². The maximum atomic E-state index is 13.9. The molecule has 0 bridgehead atoms. The molecule has 0 radical (unpaired) electrons. The van der Waals surface area contributed by atoms with Gasteiger partial charge in [-0.15, -0.1) is 0 Å². The molecule has 22 heavy (non-hydrogen) atoms. The number of carbonyl (C=O) groups excluding carboxylic acids is 1. The molecule has 0 atom stereocenters. The predicted molar refractivity (Wildman–Crippen MR) is 78.8 cm³/mol. The fraction of sp³-hybridized carbons (Fsp3) is 0.200. The van der Waals surface area contributed by atoms with Crippen LogP contribution in [0.4, 0.5) is 10.1 Å². The summed E-state index contributed by atoms with van der Waals surface area (Å²) in [5, 5.41) is 13.0. The monoisotopic (exact) mass is 304 g/mol. The smallest absolute Gasteiger partial charge is 0.352 e. The highest BCUT2D eigenvalue weighted by Crippen LogP contribution is 2.38. The van der Waals surface area contributed by atoms with Crippen molar-refractivity contribution in [2.24, 2.45) is 5.16 Å². The zero-order chi connectivity index (χ0) is 16.4. The van der Waals surface area contributed by atoms with Gasteiger partial charge in [-0.1, -0.05) is 5.16 Å². The Kier molecular flexibility index (Phi) is 4.10. The number of allylic oxidation sites excluding steroid dienone is 2. The fourth-order valence-electron chi connectivity index (χ4n) is 2.35. The first-order valence-electron chi connectivity index (χ1n) is 6.26. The second-order valence-corrected chi connectivity index (χ2v) is 4.62. The number of likely N-dealkylation sites (N-methyl/N-ethyl adjacent to an activating group) is 1. The number of hydrogen-bond donors (Lipinski definition) is 1. The Hall–Kier alpha value is -2.92. The molecule has 1 aromatic rings. The number of carboxylic acid groups (broad SMARTS) is 1. The summed E-state index contributed by atoms with van der Waals surface area (Å²) in [5.74, 6) is -0.133. The van der Waals surface area contributed by atoms with Gasteiger partial charge in [-0.25, -0.2) is 14.0 Å². The predicted octanol–water partition coefficient (Wildman–Crippen LogP) is 1.83. The summed E-state index contributed by atoms with van der Waals surface area (Å²) < 4.78 is 13.9. The van der Waals surface area contributed by atoms with Gasteiger partial charge in [-0.05, 0) is 25.1 Å². The van der Waals surface area contributed by atoms with Gasteiger partial charge in [0, 0.05) is 18.2 Å². The lowest BCUT2D eigenvalue weighted by atomic mass is 9.93. The van der Waals surface area contributed by atoms with Crippen LogP contribution in [0, 0.1) is 5.82 Å². The molecule has 7 heteroatoms. The van der Waals surface area contributed by atoms with Crippen molar-refractivity contribution in [2.75, 3.05) is 19.1 Å². The molecule has 1 heterocycles. The Morgan fingerprint density at radius 3 is 2.68 bits per heavy atom. The number of halogens is 1. The molecule has 2 rings (SSSR count). The highest BCUT2D eigenvalue weighted by Gasteiger charge is 2.28. The third-order valence-electron chi connectivity index (χ3n) is 3.29. The van der Waals surface area contributed by atoms with E-state index in [0.717, 1.165) is 12.1 Å². The number of rotatable bonds is 3. The van der Waals surface area contributed by atoms with Crippen molar-refractivity contribution in [1.82, 2.24) is 0 Å². The largest absolute Gasteiger partial charge is 0.477 e. The first kappa shape index (κ1) is 15.5. The number of aliphatic carboxylic acids is 1. The third kappa shape index (κ3) is 2.49. The van der Waals surface area contributed by atoms with E-state index < -0.39 is 11.8 Å². The summed E-state index contributed by atoms with van der Waals surface area (Å²) >= 11 is 0. The minimum Gasteiger partial charge on any atom is -0.477 e. The number of carbonyl (C=O) groups is 1. The van der Waals surface area contributed by atoms with Gasteiger partial charge in [0.15, 0.2) is 0 Å². The molecule has 0 aliphatic carbocycles. The molecule has 0 saturated heterocycles. The molecule has 1 aliphatic rings. The second kappa shape index (κ2) is 5.83. The minimum absolute atomic E-state index is 0.0310. The van der Waals surface area contributed by atoms with Crippen LogP contribution >= 0.6 is 0 Å². The zero-order valence-corrected chi connectivity index (χ0v) is 12.2. The van der Waals surface area contributed by atoms with Crippen LogP contribution in [-0.4, -0.2) is 36.9 Å². The Labute approximate surface area is 125 Å². The molecular formula is C15H13FN2O4. The van der Waals surface area contributed by atoms with Crippen LogP contribution in [-0.2, 0) is 14.4 Å². The molecule has 1 aliphatic heterocycles. The Morgan fingerprint density at radius 2 is 2.14 bits per heavy atom. The molecule has 6 nitrogen and oxygen atoms in total. The van der Waals surface area contributed by atoms with Gasteiger partial charge in [-0.2, -0.15) is 0 Å². The number of nitrogens with zero attached hydrogens (tertiary/aromatic N) is 2. The SMILES string of the molecule is CO/N=C(/C)c1cc(F)cc2c1N(C)C(C(=O)O)=CC2=C=O. The maximum absolute atomic E-state index is 13.9. The molecule has 0 aromatic heterocycles. The number of carboxylic acids is 1. The van der Waals surface area contributed by atoms with Gasteiger partial charge in [0.25, 0.3) is 0 Å². The summed E-state index contributed by atoms with van der Waals surface area (Å²) in [5.41, 5.74) is 1.14. The summed E-state index contributed by atoms with van der Waals surface area (Å²) in [7, 11) is 2.86. The van der Waals surface area contributed by atoms with Crippen molar-refractivity contribution in [3.63, 3.8) is 0 Å². The first-order valence-corrected chi connectivity index (χ1v) is 6.26. The summed E-state index contributed by atoms with van der Waals surface area (Å²) in [4.78, 5) is 28.5. The minimum atomic E-state index is -1.21. The van der Waals surface area contributed by atoms with Crippen LogP contribution in [0.5, 0.6) is 0 Å². The highest BCUT2D eigenvalue weighted by molar-refractivity contribution is 6.12. The van der Waals surface area contributed by atoms with E-state index in [4.69, 9.17) is 0 Å². The molecule has 0 fully saturated rings. The number of fused-ring (bicyclic) bond motifs is 1. The molecule has 114 valence electrons. The van der Waals surface area contributed by atoms with Crippen molar-refractivity contribution < 1.29 is 23.9 Å². The maximum Gasteiger partial charge on any atom is 0.352 e. The van der Waals surface area contributed by atoms with Crippen LogP contribution in [0.25, 0.3) is 5.57 Å². The number of oxime groups is 1. The quantitative estimate of drug-likeness (QED) is 0.523. The Balaban J connectivity index is 2.82. The van der Waals surface area contributed by atoms with Crippen LogP contribution in [0.1, 0.15) is 18.1 Å². The average molecular weight is 304 g/mol. The van der Waals surface area contributed by atoms with Gasteiger partial charge in [-0.3, -0.25) is 0 Å². The Bertz CT molecular complexity index is 761. The lowest BCUT2D eigenvalue weighted by Gasteiger charge is -2.29. The third-order valence-corrected chi connectivity index (χ3v) is 3.29. The van der Waals surface area contributed by atoms with E-state index in [2.05, 4.69) is 9.99 Å². The van der Waals surface area contributed by atoms with E-state index in [1.54, 1.807) is 12.9 Å². The van der Waals surface area contributed by atoms with Crippen LogP contribution in [0.15, 0.2) is 29.1 Å². The van der Waals surface area contributed by atoms with Crippen LogP contribution in [0.2, 0.25) is 0 Å². The Morgan fingerprint density at radius 1 is 1.45 bits per heavy atom. The first-order chi connectivity index (χ1) is 10.4. The van der Waals surface area contributed by atoms with E-state index in [9.17, 15) is 19.1 Å². The average Bonchev–Trinajstić information content (AvgIpc) is 2.46. The fourth-order valence-corrected chi connectivity index (χ4v) is 2.35. The standard InChI is InChI=1S/C15H13FN2O4/c1-8(17-22-3)11-5-10(16)6-12-9(7-19)4-13(15(20)21)18(2)14(11)12/h4-6H,1-3H3,(H,20,21)/b17-8-. The zero-order valence-electron chi connectivity index (χ0n) is 12.2. The topological polar surface area (TPSA) is 79.2 Å². The van der Waals surface area contributed by atoms with Crippen molar-refractivity contribution in [3.05, 3.63) is 40.8 Å². The molecule has 1 aromatic carbocycles. The van der Waals surface area contributed by atoms with Crippen LogP contribution in [0.3, 0.4) is 0 Å². The van der Waals surface area contributed by atoms with E-state index >= 15 is 0 Å². The van der Waals surface area contributed by atoms with Crippen molar-refractivity contribution in [1.29, 1.82) is 0 Å². The number of anilines is 1. The molecular weight excluding hydrogens is 291 g/mol. The van der Waals surface area contributed by atoms with Crippen molar-refractivity contribution in [3.8, 4) is 0 Å². The lowest BCUT2D eigenvalue weighted by Crippen LogP contribution is -2.28. The van der Waals surface area contributed by atoms with E-state index in [0.29, 0.717) is 17.0 Å². The van der Waals surface area contributed by atoms with Gasteiger partial charge >= 0.3 is 5.97 Å². The molecule has 1 N–H and O–H groups in total. The van der Waals surface area contributed by atoms with E-state index in [-0.39, 0.29) is 16.8 Å². The highest BCUT2D eigenvalue weighted by atomic mass is 19.1. The lowest BCUT2D eigenvalue weighted by molar-refractivity contribution is -0.132. The molecule has 0 amide bonds. The summed E-state index contributed by atoms with van der Waals surface area (Å²) in [6.45, 7) is 1.59.